The van der Waals surface area contributed by atoms with Crippen molar-refractivity contribution in [1.82, 2.24) is 0 Å². The normalized spacial score (nSPS) is 12.6. The Balaban J connectivity index is 2.15. The molecule has 0 fully saturated rings. The molecule has 1 rings (SSSR count). The van der Waals surface area contributed by atoms with Crippen molar-refractivity contribution in [2.45, 2.75) is 84.2 Å². The number of hydrogen-bond acceptors (Lipinski definition) is 1. The minimum absolute atomic E-state index is 0.272. The molecule has 0 aliphatic rings. The Kier molecular flexibility index (Phi) is 9.40. The Morgan fingerprint density at radius 3 is 2.10 bits per heavy atom. The molecular weight excluding hydrogens is 244 g/mol. The molecule has 1 aromatic carbocycles. The molecule has 1 aromatic rings. The molecule has 0 saturated heterocycles. The van der Waals surface area contributed by atoms with Crippen molar-refractivity contribution >= 4 is 0 Å². The van der Waals surface area contributed by atoms with E-state index in [9.17, 15) is 5.11 Å². The summed E-state index contributed by atoms with van der Waals surface area (Å²) in [5, 5.41) is 10.3. The predicted molar refractivity (Wildman–Crippen MR) is 88.0 cm³/mol. The van der Waals surface area contributed by atoms with Gasteiger partial charge in [-0.25, -0.2) is 0 Å². The third-order valence-electron chi connectivity index (χ3n) is 4.13. The molecule has 0 spiro atoms. The summed E-state index contributed by atoms with van der Waals surface area (Å²) in [6.07, 6.45) is 12.2. The van der Waals surface area contributed by atoms with E-state index in [1.165, 1.54) is 50.5 Å². The third-order valence-corrected chi connectivity index (χ3v) is 4.13. The Morgan fingerprint density at radius 2 is 1.45 bits per heavy atom. The van der Waals surface area contributed by atoms with Gasteiger partial charge in [-0.2, -0.15) is 0 Å². The van der Waals surface area contributed by atoms with Crippen LogP contribution in [-0.4, -0.2) is 5.11 Å². The zero-order chi connectivity index (χ0) is 14.6. The van der Waals surface area contributed by atoms with Crippen molar-refractivity contribution in [3.05, 3.63) is 35.4 Å². The molecule has 0 radical (unpaired) electrons. The second-order valence-electron chi connectivity index (χ2n) is 5.83. The number of aliphatic hydroxyl groups excluding tert-OH is 1. The number of aliphatic hydroxyl groups is 1. The summed E-state index contributed by atoms with van der Waals surface area (Å²) in [6, 6.07) is 8.30. The largest absolute Gasteiger partial charge is 0.388 e. The van der Waals surface area contributed by atoms with Gasteiger partial charge in [0.05, 0.1) is 6.10 Å². The fourth-order valence-corrected chi connectivity index (χ4v) is 2.81. The topological polar surface area (TPSA) is 20.2 Å². The van der Waals surface area contributed by atoms with Crippen LogP contribution in [0.5, 0.6) is 0 Å². The van der Waals surface area contributed by atoms with Crippen LogP contribution in [0.15, 0.2) is 24.3 Å². The van der Waals surface area contributed by atoms with Gasteiger partial charge < -0.3 is 5.11 Å². The molecule has 1 unspecified atom stereocenters. The van der Waals surface area contributed by atoms with E-state index in [1.54, 1.807) is 0 Å². The van der Waals surface area contributed by atoms with Crippen LogP contribution >= 0.6 is 0 Å². The van der Waals surface area contributed by atoms with Crippen LogP contribution in [0.1, 0.15) is 88.9 Å². The molecule has 20 heavy (non-hydrogen) atoms. The number of rotatable bonds is 11. The highest BCUT2D eigenvalue weighted by Crippen LogP contribution is 2.23. The maximum atomic E-state index is 10.3. The molecule has 1 atom stereocenters. The predicted octanol–water partition coefficient (Wildman–Crippen LogP) is 5.81. The zero-order valence-electron chi connectivity index (χ0n) is 13.4. The van der Waals surface area contributed by atoms with Crippen LogP contribution < -0.4 is 0 Å². The van der Waals surface area contributed by atoms with Gasteiger partial charge in [-0.3, -0.25) is 0 Å². The molecule has 114 valence electrons. The van der Waals surface area contributed by atoms with Gasteiger partial charge in [0.1, 0.15) is 0 Å². The maximum absolute atomic E-state index is 10.3. The average molecular weight is 276 g/mol. The highest BCUT2D eigenvalue weighted by atomic mass is 16.3. The van der Waals surface area contributed by atoms with Crippen molar-refractivity contribution in [2.24, 2.45) is 0 Å². The summed E-state index contributed by atoms with van der Waals surface area (Å²) in [6.45, 7) is 4.41. The molecule has 0 aliphatic carbocycles. The van der Waals surface area contributed by atoms with E-state index in [0.29, 0.717) is 0 Å². The molecule has 1 nitrogen and oxygen atoms in total. The lowest BCUT2D eigenvalue weighted by molar-refractivity contribution is 0.162. The second-order valence-corrected chi connectivity index (χ2v) is 5.83. The highest BCUT2D eigenvalue weighted by molar-refractivity contribution is 5.28. The zero-order valence-corrected chi connectivity index (χ0v) is 13.4. The van der Waals surface area contributed by atoms with Crippen molar-refractivity contribution < 1.29 is 5.11 Å². The SMILES string of the molecule is CCCCCCCCCCC(O)c1ccccc1CC. The lowest BCUT2D eigenvalue weighted by Gasteiger charge is -2.14. The molecule has 0 bridgehead atoms. The van der Waals surface area contributed by atoms with Gasteiger partial charge in [0.15, 0.2) is 0 Å². The Labute approximate surface area is 125 Å². The standard InChI is InChI=1S/C19H32O/c1-3-5-6-7-8-9-10-11-16-19(20)18-15-13-12-14-17(18)4-2/h12-15,19-20H,3-11,16H2,1-2H3. The average Bonchev–Trinajstić information content (AvgIpc) is 2.49. The van der Waals surface area contributed by atoms with E-state index < -0.39 is 0 Å². The van der Waals surface area contributed by atoms with E-state index in [0.717, 1.165) is 24.8 Å². The third kappa shape index (κ3) is 6.56. The van der Waals surface area contributed by atoms with Gasteiger partial charge in [-0.15, -0.1) is 0 Å². The van der Waals surface area contributed by atoms with Crippen LogP contribution in [0.4, 0.5) is 0 Å². The monoisotopic (exact) mass is 276 g/mol. The smallest absolute Gasteiger partial charge is 0.0792 e. The first-order valence-corrected chi connectivity index (χ1v) is 8.55. The van der Waals surface area contributed by atoms with E-state index in [1.807, 2.05) is 6.07 Å². The van der Waals surface area contributed by atoms with Crippen molar-refractivity contribution in [1.29, 1.82) is 0 Å². The van der Waals surface area contributed by atoms with Crippen LogP contribution in [0.2, 0.25) is 0 Å². The van der Waals surface area contributed by atoms with Gasteiger partial charge in [0, 0.05) is 0 Å². The number of aryl methyl sites for hydroxylation is 1. The van der Waals surface area contributed by atoms with Gasteiger partial charge in [-0.1, -0.05) is 89.5 Å². The van der Waals surface area contributed by atoms with Crippen molar-refractivity contribution in [3.8, 4) is 0 Å². The summed E-state index contributed by atoms with van der Waals surface area (Å²) < 4.78 is 0. The molecule has 0 heterocycles. The lowest BCUT2D eigenvalue weighted by atomic mass is 9.96. The van der Waals surface area contributed by atoms with Gasteiger partial charge in [0.25, 0.3) is 0 Å². The van der Waals surface area contributed by atoms with E-state index >= 15 is 0 Å². The quantitative estimate of drug-likeness (QED) is 0.505. The Hall–Kier alpha value is -0.820. The molecular formula is C19H32O. The van der Waals surface area contributed by atoms with Crippen molar-refractivity contribution in [3.63, 3.8) is 0 Å². The molecule has 1 N–H and O–H groups in total. The van der Waals surface area contributed by atoms with Crippen LogP contribution in [-0.2, 0) is 6.42 Å². The van der Waals surface area contributed by atoms with Crippen LogP contribution in [0.3, 0.4) is 0 Å². The summed E-state index contributed by atoms with van der Waals surface area (Å²) >= 11 is 0. The first-order valence-electron chi connectivity index (χ1n) is 8.55. The van der Waals surface area contributed by atoms with Crippen molar-refractivity contribution in [2.75, 3.05) is 0 Å². The Morgan fingerprint density at radius 1 is 0.850 bits per heavy atom. The minimum atomic E-state index is -0.272. The fraction of sp³-hybridized carbons (Fsp3) is 0.684. The minimum Gasteiger partial charge on any atom is -0.388 e. The van der Waals surface area contributed by atoms with Crippen LogP contribution in [0, 0.1) is 0 Å². The molecule has 1 heteroatoms. The molecule has 0 saturated carbocycles. The first kappa shape index (κ1) is 17.2. The Bertz CT molecular complexity index is 345. The number of unbranched alkanes of at least 4 members (excludes halogenated alkanes) is 7. The summed E-state index contributed by atoms with van der Waals surface area (Å²) in [7, 11) is 0. The second kappa shape index (κ2) is 10.9. The first-order chi connectivity index (χ1) is 9.79. The fourth-order valence-electron chi connectivity index (χ4n) is 2.81. The summed E-state index contributed by atoms with van der Waals surface area (Å²) in [4.78, 5) is 0. The van der Waals surface area contributed by atoms with Gasteiger partial charge in [-0.05, 0) is 24.0 Å². The lowest BCUT2D eigenvalue weighted by Crippen LogP contribution is -2.01. The van der Waals surface area contributed by atoms with Gasteiger partial charge in [0.2, 0.25) is 0 Å². The summed E-state index contributed by atoms with van der Waals surface area (Å²) in [5.41, 5.74) is 2.43. The summed E-state index contributed by atoms with van der Waals surface area (Å²) in [5.74, 6) is 0. The maximum Gasteiger partial charge on any atom is 0.0792 e. The molecule has 0 amide bonds. The van der Waals surface area contributed by atoms with Crippen LogP contribution in [0.25, 0.3) is 0 Å². The van der Waals surface area contributed by atoms with E-state index in [-0.39, 0.29) is 6.10 Å². The molecule has 0 aliphatic heterocycles. The molecule has 0 aromatic heterocycles. The highest BCUT2D eigenvalue weighted by Gasteiger charge is 2.10. The number of hydrogen-bond donors (Lipinski definition) is 1. The number of benzene rings is 1. The van der Waals surface area contributed by atoms with E-state index in [2.05, 4.69) is 32.0 Å². The van der Waals surface area contributed by atoms with E-state index in [4.69, 9.17) is 0 Å². The van der Waals surface area contributed by atoms with Gasteiger partial charge >= 0.3 is 0 Å².